The van der Waals surface area contributed by atoms with E-state index in [4.69, 9.17) is 19.9 Å². The van der Waals surface area contributed by atoms with Gasteiger partial charge in [-0.2, -0.15) is 0 Å². The Labute approximate surface area is 288 Å². The van der Waals surface area contributed by atoms with Gasteiger partial charge in [-0.3, -0.25) is 18.6 Å². The van der Waals surface area contributed by atoms with Crippen molar-refractivity contribution in [2.45, 2.75) is 205 Å². The SMILES string of the molecule is CCCCCCCCCCCCCCCC(=O)C(CN)(OP(=O)(O)OCC(O)CO)C(=O)CCCCCCCCCCCCCCC. The number of carbonyl (C=O) groups is 2. The topological polar surface area (TPSA) is 156 Å². The summed E-state index contributed by atoms with van der Waals surface area (Å²) >= 11 is 0. The van der Waals surface area contributed by atoms with Crippen molar-refractivity contribution in [1.82, 2.24) is 0 Å². The van der Waals surface area contributed by atoms with E-state index < -0.39 is 50.9 Å². The second-order valence-electron chi connectivity index (χ2n) is 13.6. The molecule has 0 fully saturated rings. The Kier molecular flexibility index (Phi) is 30.9. The normalized spacial score (nSPS) is 13.9. The molecule has 0 aliphatic carbocycles. The van der Waals surface area contributed by atoms with Gasteiger partial charge in [-0.1, -0.05) is 168 Å². The molecule has 0 radical (unpaired) electrons. The van der Waals surface area contributed by atoms with Crippen molar-refractivity contribution < 1.29 is 38.3 Å². The summed E-state index contributed by atoms with van der Waals surface area (Å²) in [5.74, 6) is -1.22. The third kappa shape index (κ3) is 25.0. The van der Waals surface area contributed by atoms with Gasteiger partial charge in [0.2, 0.25) is 5.60 Å². The molecule has 0 aliphatic heterocycles. The summed E-state index contributed by atoms with van der Waals surface area (Å²) in [5, 5.41) is 18.6. The van der Waals surface area contributed by atoms with Gasteiger partial charge in [-0.25, -0.2) is 4.57 Å². The molecule has 0 spiro atoms. The van der Waals surface area contributed by atoms with E-state index in [-0.39, 0.29) is 12.8 Å². The van der Waals surface area contributed by atoms with Crippen molar-refractivity contribution in [2.75, 3.05) is 19.8 Å². The average molecular weight is 692 g/mol. The Hall–Kier alpha value is -0.670. The summed E-state index contributed by atoms with van der Waals surface area (Å²) < 4.78 is 22.9. The van der Waals surface area contributed by atoms with Crippen LogP contribution in [-0.2, 0) is 23.2 Å². The maximum absolute atomic E-state index is 13.4. The summed E-state index contributed by atoms with van der Waals surface area (Å²) in [6.07, 6.45) is 28.5. The number of hydrogen-bond donors (Lipinski definition) is 4. The molecule has 0 saturated carbocycles. The minimum atomic E-state index is -4.94. The smallest absolute Gasteiger partial charge is 0.394 e. The second-order valence-corrected chi connectivity index (χ2v) is 14.9. The maximum atomic E-state index is 13.4. The van der Waals surface area contributed by atoms with Gasteiger partial charge in [-0.15, -0.1) is 0 Å². The molecule has 5 N–H and O–H groups in total. The molecule has 0 aromatic carbocycles. The Morgan fingerprint density at radius 2 is 0.915 bits per heavy atom. The van der Waals surface area contributed by atoms with E-state index >= 15 is 0 Å². The molecule has 0 heterocycles. The van der Waals surface area contributed by atoms with E-state index in [9.17, 15) is 24.2 Å². The third-order valence-corrected chi connectivity index (χ3v) is 10.1. The van der Waals surface area contributed by atoms with Gasteiger partial charge in [0.25, 0.3) is 0 Å². The summed E-state index contributed by atoms with van der Waals surface area (Å²) in [7, 11) is -4.94. The van der Waals surface area contributed by atoms with Crippen molar-refractivity contribution in [3.05, 3.63) is 0 Å². The first-order valence-electron chi connectivity index (χ1n) is 19.4. The number of phosphoric acid groups is 1. The number of Topliss-reactive ketones (excluding diaryl/α,β-unsaturated/α-hetero) is 2. The summed E-state index contributed by atoms with van der Waals surface area (Å²) in [6, 6.07) is 0. The van der Waals surface area contributed by atoms with Crippen LogP contribution in [0.25, 0.3) is 0 Å². The highest BCUT2D eigenvalue weighted by Crippen LogP contribution is 2.48. The number of aliphatic hydroxyl groups is 2. The van der Waals surface area contributed by atoms with E-state index in [1.165, 1.54) is 116 Å². The number of aliphatic hydroxyl groups excluding tert-OH is 2. The number of ketones is 2. The highest BCUT2D eigenvalue weighted by Gasteiger charge is 2.49. The van der Waals surface area contributed by atoms with Crippen molar-refractivity contribution >= 4 is 19.4 Å². The van der Waals surface area contributed by atoms with E-state index in [0.29, 0.717) is 12.8 Å². The molecule has 0 saturated heterocycles. The molecule has 280 valence electrons. The van der Waals surface area contributed by atoms with E-state index in [1.807, 2.05) is 0 Å². The van der Waals surface area contributed by atoms with E-state index in [2.05, 4.69) is 13.8 Å². The number of carbonyl (C=O) groups excluding carboxylic acids is 2. The van der Waals surface area contributed by atoms with Gasteiger partial charge in [0.1, 0.15) is 6.10 Å². The molecule has 0 aliphatic rings. The Morgan fingerprint density at radius 3 is 1.19 bits per heavy atom. The predicted octanol–water partition coefficient (Wildman–Crippen LogP) is 9.27. The van der Waals surface area contributed by atoms with Crippen LogP contribution in [0.4, 0.5) is 0 Å². The lowest BCUT2D eigenvalue weighted by atomic mass is 9.87. The quantitative estimate of drug-likeness (QED) is 0.0283. The Morgan fingerprint density at radius 1 is 0.617 bits per heavy atom. The van der Waals surface area contributed by atoms with Crippen LogP contribution in [0.15, 0.2) is 0 Å². The minimum absolute atomic E-state index is 0.0125. The van der Waals surface area contributed by atoms with Crippen molar-refractivity contribution in [1.29, 1.82) is 0 Å². The first kappa shape index (κ1) is 46.3. The van der Waals surface area contributed by atoms with Gasteiger partial charge in [0.05, 0.1) is 13.2 Å². The summed E-state index contributed by atoms with van der Waals surface area (Å²) in [6.45, 7) is 2.52. The van der Waals surface area contributed by atoms with Crippen molar-refractivity contribution in [3.63, 3.8) is 0 Å². The van der Waals surface area contributed by atoms with Crippen LogP contribution in [0.2, 0.25) is 0 Å². The van der Waals surface area contributed by atoms with Gasteiger partial charge in [0.15, 0.2) is 11.6 Å². The largest absolute Gasteiger partial charge is 0.473 e. The first-order chi connectivity index (χ1) is 22.7. The molecule has 9 nitrogen and oxygen atoms in total. The molecule has 2 atom stereocenters. The predicted molar refractivity (Wildman–Crippen MR) is 192 cm³/mol. The number of nitrogens with two attached hydrogens (primary N) is 1. The van der Waals surface area contributed by atoms with E-state index in [1.54, 1.807) is 0 Å². The zero-order chi connectivity index (χ0) is 35.1. The van der Waals surface area contributed by atoms with Crippen molar-refractivity contribution in [2.24, 2.45) is 5.73 Å². The third-order valence-electron chi connectivity index (χ3n) is 9.12. The molecular weight excluding hydrogens is 617 g/mol. The molecule has 0 aromatic rings. The molecular formula is C37H74NO8P. The minimum Gasteiger partial charge on any atom is -0.394 e. The van der Waals surface area contributed by atoms with Gasteiger partial charge in [-0.05, 0) is 12.8 Å². The molecule has 47 heavy (non-hydrogen) atoms. The summed E-state index contributed by atoms with van der Waals surface area (Å²) in [5.41, 5.74) is 3.67. The van der Waals surface area contributed by atoms with Crippen LogP contribution in [-0.4, -0.2) is 58.1 Å². The van der Waals surface area contributed by atoms with E-state index in [0.717, 1.165) is 38.5 Å². The number of hydrogen-bond acceptors (Lipinski definition) is 8. The van der Waals surface area contributed by atoms with Crippen molar-refractivity contribution in [3.8, 4) is 0 Å². The number of unbranched alkanes of at least 4 members (excludes halogenated alkanes) is 24. The van der Waals surface area contributed by atoms with Gasteiger partial charge in [0, 0.05) is 19.4 Å². The molecule has 2 unspecified atom stereocenters. The fourth-order valence-corrected chi connectivity index (χ4v) is 7.07. The lowest BCUT2D eigenvalue weighted by Gasteiger charge is -2.31. The van der Waals surface area contributed by atoms with Gasteiger partial charge < -0.3 is 20.8 Å². The average Bonchev–Trinajstić information content (AvgIpc) is 3.06. The maximum Gasteiger partial charge on any atom is 0.473 e. The van der Waals surface area contributed by atoms with Gasteiger partial charge >= 0.3 is 7.82 Å². The molecule has 0 rings (SSSR count). The van der Waals surface area contributed by atoms with Crippen LogP contribution in [0.3, 0.4) is 0 Å². The summed E-state index contributed by atoms with van der Waals surface area (Å²) in [4.78, 5) is 37.2. The van der Waals surface area contributed by atoms with Crippen LogP contribution in [0, 0.1) is 0 Å². The monoisotopic (exact) mass is 692 g/mol. The highest BCUT2D eigenvalue weighted by molar-refractivity contribution is 7.47. The molecule has 10 heteroatoms. The lowest BCUT2D eigenvalue weighted by Crippen LogP contribution is -2.54. The van der Waals surface area contributed by atoms with Crippen LogP contribution in [0.1, 0.15) is 194 Å². The standard InChI is InChI=1S/C37H74NO8P/c1-3-5-7-9-11-13-15-17-19-21-23-25-27-29-35(41)37(33-38,46-47(43,44)45-32-34(40)31-39)36(42)30-28-26-24-22-20-18-16-14-12-10-8-6-4-2/h34,39-40H,3-33,38H2,1-2H3,(H,43,44). The fraction of sp³-hybridized carbons (Fsp3) is 0.946. The number of phosphoric ester groups is 1. The highest BCUT2D eigenvalue weighted by atomic mass is 31.2. The van der Waals surface area contributed by atoms with Crippen LogP contribution < -0.4 is 5.73 Å². The molecule has 0 amide bonds. The fourth-order valence-electron chi connectivity index (χ4n) is 5.99. The Balaban J connectivity index is 4.71. The lowest BCUT2D eigenvalue weighted by molar-refractivity contribution is -0.149. The Bertz CT molecular complexity index is 754. The van der Waals surface area contributed by atoms with Crippen LogP contribution in [0.5, 0.6) is 0 Å². The van der Waals surface area contributed by atoms with Crippen LogP contribution >= 0.6 is 7.82 Å². The number of rotatable bonds is 37. The molecule has 0 bridgehead atoms. The first-order valence-corrected chi connectivity index (χ1v) is 20.9. The zero-order valence-corrected chi connectivity index (χ0v) is 31.3. The zero-order valence-electron chi connectivity index (χ0n) is 30.4. The molecule has 0 aromatic heterocycles. The second kappa shape index (κ2) is 31.3.